The van der Waals surface area contributed by atoms with Crippen molar-refractivity contribution in [3.63, 3.8) is 0 Å². The third-order valence-electron chi connectivity index (χ3n) is 6.75. The van der Waals surface area contributed by atoms with E-state index in [1.54, 1.807) is 26.8 Å². The lowest BCUT2D eigenvalue weighted by molar-refractivity contribution is -0.185. The molecule has 0 aromatic heterocycles. The zero-order chi connectivity index (χ0) is 19.9. The third kappa shape index (κ3) is 2.13. The predicted octanol–water partition coefficient (Wildman–Crippen LogP) is 0.801. The molecular formula is C20H24O7. The molecule has 4 fully saturated rings. The van der Waals surface area contributed by atoms with Gasteiger partial charge in [0.2, 0.25) is 0 Å². The van der Waals surface area contributed by atoms with Gasteiger partial charge in [-0.1, -0.05) is 24.8 Å². The Morgan fingerprint density at radius 1 is 1.37 bits per heavy atom. The highest BCUT2D eigenvalue weighted by Crippen LogP contribution is 2.65. The molecule has 7 nitrogen and oxygen atoms in total. The van der Waals surface area contributed by atoms with E-state index in [1.165, 1.54) is 0 Å². The zero-order valence-corrected chi connectivity index (χ0v) is 15.6. The Bertz CT molecular complexity index is 798. The zero-order valence-electron chi connectivity index (χ0n) is 15.6. The summed E-state index contributed by atoms with van der Waals surface area (Å²) in [4.78, 5) is 24.6. The van der Waals surface area contributed by atoms with Crippen LogP contribution in [0.5, 0.6) is 0 Å². The Morgan fingerprint density at radius 2 is 2.04 bits per heavy atom. The number of hydrogen-bond donors (Lipinski definition) is 2. The number of carbonyl (C=O) groups is 2. The Hall–Kier alpha value is -1.96. The molecule has 2 N–H and O–H groups in total. The topological polar surface area (TPSA) is 106 Å². The number of aliphatic hydroxyl groups excluding tert-OH is 1. The maximum Gasteiger partial charge on any atom is 0.334 e. The normalized spacial score (nSPS) is 48.3. The fourth-order valence-electron chi connectivity index (χ4n) is 5.05. The van der Waals surface area contributed by atoms with Crippen molar-refractivity contribution in [2.75, 3.05) is 0 Å². The van der Waals surface area contributed by atoms with E-state index in [1.807, 2.05) is 0 Å². The van der Waals surface area contributed by atoms with Gasteiger partial charge >= 0.3 is 11.9 Å². The molecule has 0 unspecified atom stereocenters. The quantitative estimate of drug-likeness (QED) is 0.318. The first kappa shape index (κ1) is 18.4. The SMILES string of the molecule is C=C1C(=O)O[C@H]2[C@H]1[C@H](OC(=O)/C(C)=C/C)CC(=C)[C@@H]1[C@H](O)[C@H]3O[C@@]3(C)[C@@]12O. The van der Waals surface area contributed by atoms with Crippen molar-refractivity contribution in [3.05, 3.63) is 36.0 Å². The Morgan fingerprint density at radius 3 is 2.67 bits per heavy atom. The van der Waals surface area contributed by atoms with Crippen LogP contribution in [0, 0.1) is 11.8 Å². The minimum atomic E-state index is -1.68. The third-order valence-corrected chi connectivity index (χ3v) is 6.75. The van der Waals surface area contributed by atoms with Crippen LogP contribution in [-0.4, -0.2) is 57.8 Å². The van der Waals surface area contributed by atoms with Gasteiger partial charge in [-0.25, -0.2) is 9.59 Å². The maximum absolute atomic E-state index is 12.4. The van der Waals surface area contributed by atoms with Crippen molar-refractivity contribution in [2.45, 2.75) is 62.8 Å². The van der Waals surface area contributed by atoms with Gasteiger partial charge in [-0.15, -0.1) is 0 Å². The smallest absolute Gasteiger partial charge is 0.334 e. The lowest BCUT2D eigenvalue weighted by atomic mass is 9.73. The fourth-order valence-corrected chi connectivity index (χ4v) is 5.05. The Kier molecular flexibility index (Phi) is 3.77. The molecule has 4 aliphatic rings. The molecule has 27 heavy (non-hydrogen) atoms. The molecule has 0 aromatic carbocycles. The monoisotopic (exact) mass is 376 g/mol. The van der Waals surface area contributed by atoms with Crippen molar-refractivity contribution in [1.29, 1.82) is 0 Å². The van der Waals surface area contributed by atoms with Crippen LogP contribution in [0.25, 0.3) is 0 Å². The number of epoxide rings is 1. The molecule has 8 atom stereocenters. The molecule has 0 spiro atoms. The molecule has 0 radical (unpaired) electrons. The summed E-state index contributed by atoms with van der Waals surface area (Å²) >= 11 is 0. The highest BCUT2D eigenvalue weighted by molar-refractivity contribution is 5.92. The molecule has 2 aliphatic heterocycles. The van der Waals surface area contributed by atoms with Gasteiger partial charge in [-0.05, 0) is 20.8 Å². The summed E-state index contributed by atoms with van der Waals surface area (Å²) in [6.07, 6.45) is -1.54. The lowest BCUT2D eigenvalue weighted by Gasteiger charge is -2.40. The van der Waals surface area contributed by atoms with Gasteiger partial charge in [0, 0.05) is 23.5 Å². The summed E-state index contributed by atoms with van der Waals surface area (Å²) in [6.45, 7) is 12.9. The van der Waals surface area contributed by atoms with Crippen molar-refractivity contribution < 1.29 is 34.0 Å². The molecule has 0 aromatic rings. The van der Waals surface area contributed by atoms with E-state index in [0.29, 0.717) is 11.1 Å². The lowest BCUT2D eigenvalue weighted by Crippen LogP contribution is -2.59. The molecule has 2 saturated heterocycles. The maximum atomic E-state index is 12.4. The molecule has 2 saturated carbocycles. The molecule has 0 amide bonds. The first-order valence-corrected chi connectivity index (χ1v) is 9.07. The van der Waals surface area contributed by atoms with Crippen LogP contribution >= 0.6 is 0 Å². The summed E-state index contributed by atoms with van der Waals surface area (Å²) < 4.78 is 16.8. The van der Waals surface area contributed by atoms with Crippen LogP contribution in [0.4, 0.5) is 0 Å². The second-order valence-corrected chi connectivity index (χ2v) is 8.09. The first-order valence-electron chi connectivity index (χ1n) is 9.07. The highest BCUT2D eigenvalue weighted by atomic mass is 16.7. The summed E-state index contributed by atoms with van der Waals surface area (Å²) in [5.74, 6) is -2.66. The number of esters is 2. The van der Waals surface area contributed by atoms with Crippen LogP contribution < -0.4 is 0 Å². The fraction of sp³-hybridized carbons (Fsp3) is 0.600. The predicted molar refractivity (Wildman–Crippen MR) is 93.3 cm³/mol. The molecule has 4 rings (SSSR count). The number of allylic oxidation sites excluding steroid dienone is 1. The molecule has 146 valence electrons. The summed E-state index contributed by atoms with van der Waals surface area (Å²) in [5.41, 5.74) is -1.64. The van der Waals surface area contributed by atoms with E-state index < -0.39 is 59.4 Å². The summed E-state index contributed by atoms with van der Waals surface area (Å²) in [6, 6.07) is 0. The largest absolute Gasteiger partial charge is 0.458 e. The standard InChI is InChI=1S/C20H24O7/c1-6-8(2)17(22)25-11-7-9(3)13-14(21)16-19(5,27-16)20(13,24)15-12(11)10(4)18(23)26-15/h6,11-16,21,24H,3-4,7H2,1-2,5H3/b8-6+/t11-,12-,13-,14+,15+,16-,19-,20-/m1/s1. The van der Waals surface area contributed by atoms with Gasteiger partial charge in [0.1, 0.15) is 29.5 Å². The van der Waals surface area contributed by atoms with Crippen LogP contribution in [0.2, 0.25) is 0 Å². The number of fused-ring (bicyclic) bond motifs is 5. The van der Waals surface area contributed by atoms with Crippen LogP contribution in [0.3, 0.4) is 0 Å². The molecule has 7 heteroatoms. The van der Waals surface area contributed by atoms with Gasteiger partial charge in [0.15, 0.2) is 0 Å². The van der Waals surface area contributed by atoms with Gasteiger partial charge in [0.05, 0.1) is 12.0 Å². The number of ether oxygens (including phenoxy) is 3. The summed E-state index contributed by atoms with van der Waals surface area (Å²) in [7, 11) is 0. The van der Waals surface area contributed by atoms with E-state index in [0.717, 1.165) is 0 Å². The minimum absolute atomic E-state index is 0.139. The van der Waals surface area contributed by atoms with Gasteiger partial charge in [0.25, 0.3) is 0 Å². The average Bonchev–Trinajstić information content (AvgIpc) is 3.20. The molecule has 2 heterocycles. The van der Waals surface area contributed by atoms with E-state index >= 15 is 0 Å². The van der Waals surface area contributed by atoms with Crippen molar-refractivity contribution in [3.8, 4) is 0 Å². The van der Waals surface area contributed by atoms with Crippen LogP contribution in [0.1, 0.15) is 27.2 Å². The van der Waals surface area contributed by atoms with E-state index in [-0.39, 0.29) is 12.0 Å². The molecule has 2 aliphatic carbocycles. The van der Waals surface area contributed by atoms with Crippen LogP contribution in [0.15, 0.2) is 36.0 Å². The van der Waals surface area contributed by atoms with Crippen molar-refractivity contribution in [2.24, 2.45) is 11.8 Å². The van der Waals surface area contributed by atoms with Crippen LogP contribution in [-0.2, 0) is 23.8 Å². The van der Waals surface area contributed by atoms with E-state index in [2.05, 4.69) is 13.2 Å². The number of hydrogen-bond acceptors (Lipinski definition) is 7. The number of aliphatic hydroxyl groups is 2. The van der Waals surface area contributed by atoms with Crippen molar-refractivity contribution >= 4 is 11.9 Å². The van der Waals surface area contributed by atoms with E-state index in [4.69, 9.17) is 14.2 Å². The average molecular weight is 376 g/mol. The number of carbonyl (C=O) groups excluding carboxylic acids is 2. The summed E-state index contributed by atoms with van der Waals surface area (Å²) in [5, 5.41) is 22.4. The Balaban J connectivity index is 1.78. The second-order valence-electron chi connectivity index (χ2n) is 8.09. The second kappa shape index (κ2) is 5.53. The van der Waals surface area contributed by atoms with Gasteiger partial charge in [-0.3, -0.25) is 0 Å². The number of rotatable bonds is 2. The van der Waals surface area contributed by atoms with E-state index in [9.17, 15) is 19.8 Å². The first-order chi connectivity index (χ1) is 12.6. The van der Waals surface area contributed by atoms with Gasteiger partial charge < -0.3 is 24.4 Å². The highest BCUT2D eigenvalue weighted by Gasteiger charge is 2.83. The Labute approximate surface area is 157 Å². The van der Waals surface area contributed by atoms with Gasteiger partial charge in [-0.2, -0.15) is 0 Å². The minimum Gasteiger partial charge on any atom is -0.458 e. The molecular weight excluding hydrogens is 352 g/mol. The van der Waals surface area contributed by atoms with Crippen molar-refractivity contribution in [1.82, 2.24) is 0 Å². The molecule has 0 bridgehead atoms.